The number of pyridine rings is 1. The standard InChI is InChI=1S/C10H14N2O2/c1-10(2,3)14-9(13)11-12-7-5-4-6-8-12/h4-8H,1-3H3/p+1. The van der Waals surface area contributed by atoms with Crippen LogP contribution in [0.3, 0.4) is 0 Å². The second kappa shape index (κ2) is 4.09. The molecule has 0 aliphatic rings. The molecule has 0 aliphatic heterocycles. The second-order valence-corrected chi connectivity index (χ2v) is 3.90. The highest BCUT2D eigenvalue weighted by atomic mass is 16.6. The van der Waals surface area contributed by atoms with Crippen molar-refractivity contribution in [3.05, 3.63) is 30.6 Å². The zero-order chi connectivity index (χ0) is 10.6. The quantitative estimate of drug-likeness (QED) is 0.689. The Bertz CT molecular complexity index is 304. The molecule has 0 radical (unpaired) electrons. The number of nitrogens with zero attached hydrogens (tertiary/aromatic N) is 1. The van der Waals surface area contributed by atoms with Gasteiger partial charge in [0.05, 0.1) is 0 Å². The lowest BCUT2D eigenvalue weighted by molar-refractivity contribution is -0.642. The summed E-state index contributed by atoms with van der Waals surface area (Å²) in [5, 5.41) is 0. The maximum atomic E-state index is 11.3. The second-order valence-electron chi connectivity index (χ2n) is 3.90. The summed E-state index contributed by atoms with van der Waals surface area (Å²) >= 11 is 0. The molecule has 14 heavy (non-hydrogen) atoms. The van der Waals surface area contributed by atoms with E-state index in [1.807, 2.05) is 39.0 Å². The lowest BCUT2D eigenvalue weighted by Crippen LogP contribution is -2.49. The van der Waals surface area contributed by atoms with Crippen molar-refractivity contribution in [2.24, 2.45) is 0 Å². The average molecular weight is 195 g/mol. The lowest BCUT2D eigenvalue weighted by Gasteiger charge is -2.17. The van der Waals surface area contributed by atoms with Gasteiger partial charge in [0.15, 0.2) is 12.4 Å². The summed E-state index contributed by atoms with van der Waals surface area (Å²) in [5.74, 6) is 0. The van der Waals surface area contributed by atoms with Gasteiger partial charge in [0.25, 0.3) is 0 Å². The van der Waals surface area contributed by atoms with Gasteiger partial charge in [-0.3, -0.25) is 0 Å². The third-order valence-corrected chi connectivity index (χ3v) is 1.33. The van der Waals surface area contributed by atoms with Crippen LogP contribution in [-0.4, -0.2) is 11.7 Å². The molecule has 76 valence electrons. The zero-order valence-electron chi connectivity index (χ0n) is 8.65. The molecule has 0 fully saturated rings. The van der Waals surface area contributed by atoms with Gasteiger partial charge in [0.2, 0.25) is 0 Å². The normalized spacial score (nSPS) is 10.8. The van der Waals surface area contributed by atoms with Gasteiger partial charge in [-0.25, -0.2) is 4.79 Å². The minimum absolute atomic E-state index is 0.464. The molecule has 1 amide bonds. The number of nitrogens with one attached hydrogen (secondary N) is 1. The predicted molar refractivity (Wildman–Crippen MR) is 52.2 cm³/mol. The molecule has 4 heteroatoms. The van der Waals surface area contributed by atoms with Crippen LogP contribution in [0.15, 0.2) is 30.6 Å². The Balaban J connectivity index is 2.50. The van der Waals surface area contributed by atoms with Crippen LogP contribution in [0.1, 0.15) is 20.8 Å². The summed E-state index contributed by atoms with van der Waals surface area (Å²) in [6.45, 7) is 5.46. The Morgan fingerprint density at radius 2 is 1.79 bits per heavy atom. The molecular formula is C10H15N2O2+. The summed E-state index contributed by atoms with van der Waals surface area (Å²) in [5.41, 5.74) is 2.08. The van der Waals surface area contributed by atoms with Gasteiger partial charge in [-0.15, -0.1) is 0 Å². The third-order valence-electron chi connectivity index (χ3n) is 1.33. The van der Waals surface area contributed by atoms with E-state index in [9.17, 15) is 4.79 Å². The van der Waals surface area contributed by atoms with E-state index in [1.54, 1.807) is 12.4 Å². The molecule has 1 rings (SSSR count). The van der Waals surface area contributed by atoms with E-state index in [0.29, 0.717) is 0 Å². The molecule has 0 bridgehead atoms. The Hall–Kier alpha value is -1.58. The Kier molecular flexibility index (Phi) is 3.06. The molecule has 0 unspecified atom stereocenters. The van der Waals surface area contributed by atoms with E-state index in [4.69, 9.17) is 4.74 Å². The molecule has 0 saturated heterocycles. The van der Waals surface area contributed by atoms with E-state index >= 15 is 0 Å². The predicted octanol–water partition coefficient (Wildman–Crippen LogP) is 1.45. The van der Waals surface area contributed by atoms with Crippen LogP contribution in [0, 0.1) is 0 Å². The van der Waals surface area contributed by atoms with Gasteiger partial charge >= 0.3 is 6.09 Å². The fraction of sp³-hybridized carbons (Fsp3) is 0.400. The fourth-order valence-electron chi connectivity index (χ4n) is 0.880. The van der Waals surface area contributed by atoms with Crippen molar-refractivity contribution in [3.63, 3.8) is 0 Å². The molecule has 4 nitrogen and oxygen atoms in total. The Morgan fingerprint density at radius 1 is 1.21 bits per heavy atom. The summed E-state index contributed by atoms with van der Waals surface area (Å²) in [6.07, 6.45) is 2.99. The smallest absolute Gasteiger partial charge is 0.440 e. The van der Waals surface area contributed by atoms with Gasteiger partial charge in [0.1, 0.15) is 5.60 Å². The van der Waals surface area contributed by atoms with Crippen molar-refractivity contribution in [2.45, 2.75) is 26.4 Å². The van der Waals surface area contributed by atoms with E-state index < -0.39 is 11.7 Å². The van der Waals surface area contributed by atoms with Gasteiger partial charge in [0, 0.05) is 12.1 Å². The van der Waals surface area contributed by atoms with Crippen molar-refractivity contribution >= 4 is 6.09 Å². The lowest BCUT2D eigenvalue weighted by atomic mass is 10.2. The number of hydrogen-bond acceptors (Lipinski definition) is 2. The largest absolute Gasteiger partial charge is 0.461 e. The van der Waals surface area contributed by atoms with Crippen molar-refractivity contribution in [1.29, 1.82) is 0 Å². The highest BCUT2D eigenvalue weighted by molar-refractivity contribution is 5.74. The SMILES string of the molecule is CC(C)(C)OC(=O)N[n+]1ccccc1. The molecule has 0 aromatic carbocycles. The molecule has 0 saturated carbocycles. The van der Waals surface area contributed by atoms with Gasteiger partial charge in [-0.2, -0.15) is 0 Å². The maximum absolute atomic E-state index is 11.3. The first kappa shape index (κ1) is 10.5. The number of ether oxygens (including phenoxy) is 1. The topological polar surface area (TPSA) is 42.2 Å². The molecule has 0 atom stereocenters. The molecule has 1 aromatic heterocycles. The number of amides is 1. The molecule has 0 aliphatic carbocycles. The first-order valence-electron chi connectivity index (χ1n) is 4.44. The third kappa shape index (κ3) is 3.89. The molecular weight excluding hydrogens is 180 g/mol. The van der Waals surface area contributed by atoms with E-state index in [0.717, 1.165) is 0 Å². The van der Waals surface area contributed by atoms with Crippen molar-refractivity contribution in [3.8, 4) is 0 Å². The first-order valence-corrected chi connectivity index (χ1v) is 4.44. The molecule has 1 heterocycles. The molecule has 1 N–H and O–H groups in total. The molecule has 0 spiro atoms. The number of carbonyl (C=O) groups is 1. The van der Waals surface area contributed by atoms with Crippen molar-refractivity contribution in [2.75, 3.05) is 5.43 Å². The van der Waals surface area contributed by atoms with Crippen molar-refractivity contribution < 1.29 is 14.2 Å². The Morgan fingerprint density at radius 3 is 2.29 bits per heavy atom. The maximum Gasteiger partial charge on any atom is 0.461 e. The van der Waals surface area contributed by atoms with Crippen LogP contribution in [0.25, 0.3) is 0 Å². The number of hydrogen-bond donors (Lipinski definition) is 1. The monoisotopic (exact) mass is 195 g/mol. The van der Waals surface area contributed by atoms with Crippen LogP contribution in [0.4, 0.5) is 4.79 Å². The minimum Gasteiger partial charge on any atom is -0.440 e. The minimum atomic E-state index is -0.473. The summed E-state index contributed by atoms with van der Waals surface area (Å²) in [6, 6.07) is 5.50. The van der Waals surface area contributed by atoms with Crippen LogP contribution in [-0.2, 0) is 4.74 Å². The van der Waals surface area contributed by atoms with E-state index in [1.165, 1.54) is 4.68 Å². The van der Waals surface area contributed by atoms with Crippen molar-refractivity contribution in [1.82, 2.24) is 0 Å². The number of aromatic nitrogens is 1. The van der Waals surface area contributed by atoms with E-state index in [-0.39, 0.29) is 0 Å². The van der Waals surface area contributed by atoms with E-state index in [2.05, 4.69) is 5.43 Å². The highest BCUT2D eigenvalue weighted by Crippen LogP contribution is 2.05. The van der Waals surface area contributed by atoms with Gasteiger partial charge in [-0.05, 0) is 20.8 Å². The summed E-state index contributed by atoms with van der Waals surface area (Å²) in [7, 11) is 0. The van der Waals surface area contributed by atoms with Gasteiger partial charge < -0.3 is 4.74 Å². The zero-order valence-corrected chi connectivity index (χ0v) is 8.65. The molecule has 1 aromatic rings. The first-order chi connectivity index (χ1) is 6.47. The summed E-state index contributed by atoms with van der Waals surface area (Å²) in [4.78, 5) is 11.3. The van der Waals surface area contributed by atoms with Crippen LogP contribution >= 0.6 is 0 Å². The average Bonchev–Trinajstić information content (AvgIpc) is 2.02. The Labute approximate surface area is 83.5 Å². The van der Waals surface area contributed by atoms with Crippen LogP contribution in [0.5, 0.6) is 0 Å². The van der Waals surface area contributed by atoms with Gasteiger partial charge in [-0.1, -0.05) is 16.2 Å². The van der Waals surface area contributed by atoms with Crippen LogP contribution in [0.2, 0.25) is 0 Å². The summed E-state index contributed by atoms with van der Waals surface area (Å²) < 4.78 is 6.61. The number of carbonyl (C=O) groups excluding carboxylic acids is 1. The highest BCUT2D eigenvalue weighted by Gasteiger charge is 2.18. The number of rotatable bonds is 1. The van der Waals surface area contributed by atoms with Crippen LogP contribution < -0.4 is 10.1 Å². The fourth-order valence-corrected chi connectivity index (χ4v) is 0.880.